The number of hydrogen-bond acceptors (Lipinski definition) is 1. The number of rotatable bonds is 1. The molecule has 1 aromatic carbocycles. The molecule has 0 spiro atoms. The van der Waals surface area contributed by atoms with Crippen molar-refractivity contribution in [3.8, 4) is 11.1 Å². The minimum absolute atomic E-state index is 0.277. The molecular weight excluding hydrogens is 280 g/mol. The molecule has 0 saturated carbocycles. The van der Waals surface area contributed by atoms with Gasteiger partial charge in [-0.05, 0) is 28.1 Å². The molecule has 4 heteroatoms. The summed E-state index contributed by atoms with van der Waals surface area (Å²) in [7, 11) is 0. The Labute approximate surface area is 100 Å². The molecule has 1 nitrogen and oxygen atoms in total. The number of pyridine rings is 1. The molecule has 76 valence electrons. The Morgan fingerprint density at radius 3 is 2.67 bits per heavy atom. The lowest BCUT2D eigenvalue weighted by Crippen LogP contribution is -1.86. The Kier molecular flexibility index (Phi) is 3.03. The maximum atomic E-state index is 13.5. The van der Waals surface area contributed by atoms with E-state index in [1.54, 1.807) is 30.5 Å². The topological polar surface area (TPSA) is 12.9 Å². The molecule has 0 saturated heterocycles. The summed E-state index contributed by atoms with van der Waals surface area (Å²) in [6.45, 7) is 0. The number of benzene rings is 1. The molecule has 0 fully saturated rings. The van der Waals surface area contributed by atoms with Crippen LogP contribution in [-0.4, -0.2) is 4.98 Å². The SMILES string of the molecule is Fc1ccccc1-c1cc(Cl)ncc1Br. The van der Waals surface area contributed by atoms with E-state index in [1.807, 2.05) is 0 Å². The summed E-state index contributed by atoms with van der Waals surface area (Å²) >= 11 is 9.08. The molecule has 1 aromatic heterocycles. The van der Waals surface area contributed by atoms with Crippen LogP contribution in [0.1, 0.15) is 0 Å². The van der Waals surface area contributed by atoms with Crippen LogP contribution >= 0.6 is 27.5 Å². The maximum absolute atomic E-state index is 13.5. The molecule has 2 aromatic rings. The average molecular weight is 287 g/mol. The van der Waals surface area contributed by atoms with Gasteiger partial charge in [-0.2, -0.15) is 0 Å². The molecule has 0 amide bonds. The highest BCUT2D eigenvalue weighted by Crippen LogP contribution is 2.30. The fourth-order valence-electron chi connectivity index (χ4n) is 1.30. The fourth-order valence-corrected chi connectivity index (χ4v) is 1.89. The van der Waals surface area contributed by atoms with E-state index in [4.69, 9.17) is 11.6 Å². The van der Waals surface area contributed by atoms with Gasteiger partial charge in [0.05, 0.1) is 0 Å². The molecule has 15 heavy (non-hydrogen) atoms. The van der Waals surface area contributed by atoms with Crippen molar-refractivity contribution in [1.82, 2.24) is 4.98 Å². The number of aromatic nitrogens is 1. The van der Waals surface area contributed by atoms with E-state index >= 15 is 0 Å². The van der Waals surface area contributed by atoms with Crippen molar-refractivity contribution in [2.24, 2.45) is 0 Å². The summed E-state index contributed by atoms with van der Waals surface area (Å²) in [6, 6.07) is 8.17. The molecule has 0 unspecified atom stereocenters. The molecule has 0 aliphatic heterocycles. The summed E-state index contributed by atoms with van der Waals surface area (Å²) in [4.78, 5) is 3.89. The molecule has 1 heterocycles. The minimum Gasteiger partial charge on any atom is -0.243 e. The quantitative estimate of drug-likeness (QED) is 0.712. The molecule has 0 aliphatic rings. The van der Waals surface area contributed by atoms with Gasteiger partial charge in [0, 0.05) is 21.8 Å². The Morgan fingerprint density at radius 2 is 1.93 bits per heavy atom. The molecular formula is C11H6BrClFN. The van der Waals surface area contributed by atoms with Gasteiger partial charge in [0.25, 0.3) is 0 Å². The Hall–Kier alpha value is -0.930. The maximum Gasteiger partial charge on any atom is 0.131 e. The number of hydrogen-bond donors (Lipinski definition) is 0. The van der Waals surface area contributed by atoms with Gasteiger partial charge in [-0.15, -0.1) is 0 Å². The monoisotopic (exact) mass is 285 g/mol. The second-order valence-electron chi connectivity index (χ2n) is 2.97. The Balaban J connectivity index is 2.64. The van der Waals surface area contributed by atoms with Gasteiger partial charge in [-0.1, -0.05) is 29.8 Å². The first-order valence-corrected chi connectivity index (χ1v) is 5.41. The fraction of sp³-hybridized carbons (Fsp3) is 0. The van der Waals surface area contributed by atoms with Crippen LogP contribution in [0.15, 0.2) is 41.0 Å². The van der Waals surface area contributed by atoms with Crippen molar-refractivity contribution in [1.29, 1.82) is 0 Å². The van der Waals surface area contributed by atoms with Gasteiger partial charge in [0.2, 0.25) is 0 Å². The Morgan fingerprint density at radius 1 is 1.20 bits per heavy atom. The van der Waals surface area contributed by atoms with Crippen LogP contribution in [0.5, 0.6) is 0 Å². The van der Waals surface area contributed by atoms with Crippen molar-refractivity contribution in [2.45, 2.75) is 0 Å². The highest BCUT2D eigenvalue weighted by Gasteiger charge is 2.08. The number of halogens is 3. The summed E-state index contributed by atoms with van der Waals surface area (Å²) in [5.74, 6) is -0.277. The van der Waals surface area contributed by atoms with Gasteiger partial charge in [0.1, 0.15) is 11.0 Å². The van der Waals surface area contributed by atoms with Crippen molar-refractivity contribution in [3.63, 3.8) is 0 Å². The van der Waals surface area contributed by atoms with Gasteiger partial charge in [0.15, 0.2) is 0 Å². The summed E-state index contributed by atoms with van der Waals surface area (Å²) in [5, 5.41) is 0.344. The standard InChI is InChI=1S/C11H6BrClFN/c12-9-6-15-11(13)5-8(9)7-3-1-2-4-10(7)14/h1-6H. The lowest BCUT2D eigenvalue weighted by Gasteiger charge is -2.05. The first-order valence-electron chi connectivity index (χ1n) is 4.24. The van der Waals surface area contributed by atoms with Crippen molar-refractivity contribution < 1.29 is 4.39 Å². The van der Waals surface area contributed by atoms with Gasteiger partial charge >= 0.3 is 0 Å². The van der Waals surface area contributed by atoms with Crippen LogP contribution in [0.25, 0.3) is 11.1 Å². The smallest absolute Gasteiger partial charge is 0.131 e. The van der Waals surface area contributed by atoms with Crippen LogP contribution in [0.2, 0.25) is 5.15 Å². The zero-order chi connectivity index (χ0) is 10.8. The first-order chi connectivity index (χ1) is 7.18. The summed E-state index contributed by atoms with van der Waals surface area (Å²) in [5.41, 5.74) is 1.21. The second kappa shape index (κ2) is 4.29. The largest absolute Gasteiger partial charge is 0.243 e. The third-order valence-corrected chi connectivity index (χ3v) is 2.82. The molecule has 2 rings (SSSR count). The van der Waals surface area contributed by atoms with E-state index < -0.39 is 0 Å². The normalized spacial score (nSPS) is 10.3. The average Bonchev–Trinajstić information content (AvgIpc) is 2.23. The summed E-state index contributed by atoms with van der Waals surface area (Å²) in [6.07, 6.45) is 1.56. The molecule has 0 bridgehead atoms. The molecule has 0 aliphatic carbocycles. The van der Waals surface area contributed by atoms with Crippen molar-refractivity contribution in [2.75, 3.05) is 0 Å². The summed E-state index contributed by atoms with van der Waals surface area (Å²) < 4.78 is 14.2. The number of nitrogens with zero attached hydrogens (tertiary/aromatic N) is 1. The molecule has 0 radical (unpaired) electrons. The zero-order valence-corrected chi connectivity index (χ0v) is 9.89. The van der Waals surface area contributed by atoms with Crippen LogP contribution in [0.3, 0.4) is 0 Å². The van der Waals surface area contributed by atoms with Crippen molar-refractivity contribution >= 4 is 27.5 Å². The molecule has 0 atom stereocenters. The van der Waals surface area contributed by atoms with E-state index in [2.05, 4.69) is 20.9 Å². The second-order valence-corrected chi connectivity index (χ2v) is 4.21. The third-order valence-electron chi connectivity index (χ3n) is 1.99. The minimum atomic E-state index is -0.277. The van der Waals surface area contributed by atoms with E-state index in [0.717, 1.165) is 4.47 Å². The third kappa shape index (κ3) is 2.19. The van der Waals surface area contributed by atoms with Crippen LogP contribution in [-0.2, 0) is 0 Å². The van der Waals surface area contributed by atoms with Crippen LogP contribution < -0.4 is 0 Å². The molecule has 0 N–H and O–H groups in total. The van der Waals surface area contributed by atoms with E-state index in [9.17, 15) is 4.39 Å². The van der Waals surface area contributed by atoms with Crippen LogP contribution in [0, 0.1) is 5.82 Å². The zero-order valence-electron chi connectivity index (χ0n) is 7.55. The Bertz CT molecular complexity index is 502. The van der Waals surface area contributed by atoms with Gasteiger partial charge in [-0.25, -0.2) is 9.37 Å². The van der Waals surface area contributed by atoms with Crippen molar-refractivity contribution in [3.05, 3.63) is 52.0 Å². The van der Waals surface area contributed by atoms with Crippen LogP contribution in [0.4, 0.5) is 4.39 Å². The predicted octanol–water partition coefficient (Wildman–Crippen LogP) is 4.30. The lowest BCUT2D eigenvalue weighted by atomic mass is 10.1. The van der Waals surface area contributed by atoms with Gasteiger partial charge in [-0.3, -0.25) is 0 Å². The van der Waals surface area contributed by atoms with E-state index in [-0.39, 0.29) is 5.82 Å². The predicted molar refractivity (Wildman–Crippen MR) is 62.3 cm³/mol. The van der Waals surface area contributed by atoms with E-state index in [1.165, 1.54) is 6.07 Å². The van der Waals surface area contributed by atoms with Gasteiger partial charge < -0.3 is 0 Å². The lowest BCUT2D eigenvalue weighted by molar-refractivity contribution is 0.631. The highest BCUT2D eigenvalue weighted by molar-refractivity contribution is 9.10. The van der Waals surface area contributed by atoms with E-state index in [0.29, 0.717) is 16.3 Å². The highest BCUT2D eigenvalue weighted by atomic mass is 79.9. The first kappa shape index (κ1) is 10.6.